The number of hydrogen-bond donors (Lipinski definition) is 1. The highest BCUT2D eigenvalue weighted by Gasteiger charge is 2.49. The summed E-state index contributed by atoms with van der Waals surface area (Å²) in [7, 11) is 0. The third-order valence-electron chi connectivity index (χ3n) is 5.07. The van der Waals surface area contributed by atoms with Gasteiger partial charge in [0.05, 0.1) is 11.1 Å². The van der Waals surface area contributed by atoms with Crippen LogP contribution in [0.4, 0.5) is 4.39 Å². The van der Waals surface area contributed by atoms with Crippen LogP contribution in [0.1, 0.15) is 29.6 Å². The lowest BCUT2D eigenvalue weighted by Gasteiger charge is -2.30. The van der Waals surface area contributed by atoms with Crippen molar-refractivity contribution < 1.29 is 13.9 Å². The molecule has 7 heteroatoms. The predicted octanol–water partition coefficient (Wildman–Crippen LogP) is 1.68. The number of rotatable bonds is 4. The number of fused-ring (bicyclic) bond motifs is 2. The van der Waals surface area contributed by atoms with E-state index in [4.69, 9.17) is 10.5 Å². The van der Waals surface area contributed by atoms with Gasteiger partial charge < -0.3 is 10.5 Å². The summed E-state index contributed by atoms with van der Waals surface area (Å²) in [5, 5.41) is 0.726. The van der Waals surface area contributed by atoms with Crippen LogP contribution in [-0.2, 0) is 0 Å². The summed E-state index contributed by atoms with van der Waals surface area (Å²) < 4.78 is 19.6. The molecule has 24 heavy (non-hydrogen) atoms. The van der Waals surface area contributed by atoms with Gasteiger partial charge in [-0.05, 0) is 37.6 Å². The molecule has 2 aliphatic rings. The molecule has 1 amide bonds. The minimum Gasteiger partial charge on any atom is -0.461 e. The highest BCUT2D eigenvalue weighted by Crippen LogP contribution is 2.40. The molecule has 0 unspecified atom stereocenters. The van der Waals surface area contributed by atoms with Crippen LogP contribution in [0, 0.1) is 0 Å². The van der Waals surface area contributed by atoms with E-state index in [2.05, 4.69) is 14.9 Å². The molecule has 0 aliphatic carbocycles. The van der Waals surface area contributed by atoms with E-state index in [1.54, 1.807) is 24.4 Å². The molecule has 0 saturated carbocycles. The first-order valence-electron chi connectivity index (χ1n) is 8.14. The van der Waals surface area contributed by atoms with Gasteiger partial charge in [-0.3, -0.25) is 9.69 Å². The Morgan fingerprint density at radius 3 is 3.21 bits per heavy atom. The second-order valence-corrected chi connectivity index (χ2v) is 6.65. The van der Waals surface area contributed by atoms with Crippen LogP contribution < -0.4 is 10.5 Å². The Balaban J connectivity index is 1.53. The van der Waals surface area contributed by atoms with Gasteiger partial charge in [-0.15, -0.1) is 0 Å². The largest absolute Gasteiger partial charge is 0.461 e. The fourth-order valence-corrected chi connectivity index (χ4v) is 3.89. The van der Waals surface area contributed by atoms with Crippen LogP contribution in [0.25, 0.3) is 10.9 Å². The molecular weight excluding hydrogens is 311 g/mol. The van der Waals surface area contributed by atoms with Crippen molar-refractivity contribution >= 4 is 16.8 Å². The van der Waals surface area contributed by atoms with Crippen LogP contribution in [-0.4, -0.2) is 52.2 Å². The lowest BCUT2D eigenvalue weighted by atomic mass is 9.95. The molecule has 1 aromatic heterocycles. The maximum Gasteiger partial charge on any atom is 0.316 e. The van der Waals surface area contributed by atoms with E-state index in [1.807, 2.05) is 0 Å². The van der Waals surface area contributed by atoms with E-state index in [0.717, 1.165) is 24.8 Å². The molecule has 2 atom stereocenters. The van der Waals surface area contributed by atoms with Gasteiger partial charge in [-0.2, -0.15) is 4.98 Å². The molecule has 6 nitrogen and oxygen atoms in total. The number of amides is 1. The van der Waals surface area contributed by atoms with Gasteiger partial charge in [-0.25, -0.2) is 9.37 Å². The van der Waals surface area contributed by atoms with Crippen LogP contribution in [0.15, 0.2) is 24.4 Å². The molecule has 126 valence electrons. The quantitative estimate of drug-likeness (QED) is 0.922. The van der Waals surface area contributed by atoms with E-state index in [9.17, 15) is 9.18 Å². The Morgan fingerprint density at radius 2 is 2.38 bits per heavy atom. The minimum absolute atomic E-state index is 0.215. The van der Waals surface area contributed by atoms with Crippen molar-refractivity contribution in [3.63, 3.8) is 0 Å². The van der Waals surface area contributed by atoms with Crippen molar-refractivity contribution in [3.8, 4) is 6.01 Å². The normalized spacial score (nSPS) is 26.6. The zero-order chi connectivity index (χ0) is 16.7. The van der Waals surface area contributed by atoms with E-state index in [0.29, 0.717) is 30.7 Å². The van der Waals surface area contributed by atoms with Crippen molar-refractivity contribution in [2.75, 3.05) is 19.7 Å². The maximum absolute atomic E-state index is 13.8. The number of nitrogens with zero attached hydrogens (tertiary/aromatic N) is 3. The number of aromatic nitrogens is 2. The summed E-state index contributed by atoms with van der Waals surface area (Å²) >= 11 is 0. The molecule has 1 aromatic carbocycles. The molecule has 0 spiro atoms. The van der Waals surface area contributed by atoms with Gasteiger partial charge in [0.25, 0.3) is 0 Å². The molecule has 3 heterocycles. The van der Waals surface area contributed by atoms with Crippen LogP contribution in [0.2, 0.25) is 0 Å². The van der Waals surface area contributed by atoms with Crippen LogP contribution in [0.5, 0.6) is 6.01 Å². The summed E-state index contributed by atoms with van der Waals surface area (Å²) in [6.45, 7) is 1.83. The monoisotopic (exact) mass is 330 g/mol. The first-order chi connectivity index (χ1) is 11.6. The van der Waals surface area contributed by atoms with Gasteiger partial charge in [0.15, 0.2) is 0 Å². The van der Waals surface area contributed by atoms with Gasteiger partial charge in [0.1, 0.15) is 12.8 Å². The standard InChI is InChI=1S/C17H19FN4O2/c18-13-7-17(4-1-5-22(17)9-13)10-24-16-20-8-12-6-11(15(19)23)2-3-14(12)21-16/h2-3,6,8,13H,1,4-5,7,9-10H2,(H2,19,23)/t13-,17+/m1/s1. The summed E-state index contributed by atoms with van der Waals surface area (Å²) in [6, 6.07) is 5.28. The second kappa shape index (κ2) is 5.66. The molecular formula is C17H19FN4O2. The lowest BCUT2D eigenvalue weighted by Crippen LogP contribution is -2.43. The SMILES string of the molecule is NC(=O)c1ccc2nc(OC[C@@]34CCCN3C[C@H](F)C4)ncc2c1. The first kappa shape index (κ1) is 15.3. The Kier molecular flexibility index (Phi) is 3.60. The van der Waals surface area contributed by atoms with Gasteiger partial charge in [0, 0.05) is 30.1 Å². The zero-order valence-electron chi connectivity index (χ0n) is 13.2. The zero-order valence-corrected chi connectivity index (χ0v) is 13.2. The number of carbonyl (C=O) groups excluding carboxylic acids is 1. The smallest absolute Gasteiger partial charge is 0.316 e. The fourth-order valence-electron chi connectivity index (χ4n) is 3.89. The maximum atomic E-state index is 13.8. The van der Waals surface area contributed by atoms with Crippen molar-refractivity contribution in [1.82, 2.24) is 14.9 Å². The van der Waals surface area contributed by atoms with Crippen LogP contribution in [0.3, 0.4) is 0 Å². The molecule has 2 saturated heterocycles. The number of halogens is 1. The third kappa shape index (κ3) is 2.58. The van der Waals surface area contributed by atoms with Gasteiger partial charge >= 0.3 is 6.01 Å². The average molecular weight is 330 g/mol. The summed E-state index contributed by atoms with van der Waals surface area (Å²) in [5.41, 5.74) is 6.16. The van der Waals surface area contributed by atoms with Crippen molar-refractivity contribution in [2.45, 2.75) is 31.0 Å². The summed E-state index contributed by atoms with van der Waals surface area (Å²) in [5.74, 6) is -0.486. The third-order valence-corrected chi connectivity index (χ3v) is 5.07. The lowest BCUT2D eigenvalue weighted by molar-refractivity contribution is 0.100. The van der Waals surface area contributed by atoms with E-state index in [1.165, 1.54) is 0 Å². The average Bonchev–Trinajstić information content (AvgIpc) is 3.08. The fraction of sp³-hybridized carbons (Fsp3) is 0.471. The second-order valence-electron chi connectivity index (χ2n) is 6.65. The topological polar surface area (TPSA) is 81.3 Å². The minimum atomic E-state index is -0.779. The molecule has 2 aromatic rings. The van der Waals surface area contributed by atoms with Gasteiger partial charge in [-0.1, -0.05) is 0 Å². The Labute approximate surface area is 138 Å². The van der Waals surface area contributed by atoms with Crippen LogP contribution >= 0.6 is 0 Å². The van der Waals surface area contributed by atoms with E-state index < -0.39 is 12.1 Å². The predicted molar refractivity (Wildman–Crippen MR) is 86.6 cm³/mol. The van der Waals surface area contributed by atoms with E-state index >= 15 is 0 Å². The number of benzene rings is 1. The Bertz CT molecular complexity index is 799. The summed E-state index contributed by atoms with van der Waals surface area (Å²) in [6.07, 6.45) is 3.37. The number of carbonyl (C=O) groups is 1. The molecule has 2 fully saturated rings. The highest BCUT2D eigenvalue weighted by atomic mass is 19.1. The summed E-state index contributed by atoms with van der Waals surface area (Å²) in [4.78, 5) is 22.0. The van der Waals surface area contributed by atoms with Crippen molar-refractivity contribution in [2.24, 2.45) is 5.73 Å². The molecule has 2 N–H and O–H groups in total. The molecule has 4 rings (SSSR count). The van der Waals surface area contributed by atoms with Crippen molar-refractivity contribution in [3.05, 3.63) is 30.0 Å². The van der Waals surface area contributed by atoms with Crippen molar-refractivity contribution in [1.29, 1.82) is 0 Å². The number of nitrogens with two attached hydrogens (primary N) is 1. The number of primary amides is 1. The Morgan fingerprint density at radius 1 is 1.50 bits per heavy atom. The number of alkyl halides is 1. The Hall–Kier alpha value is -2.28. The number of hydrogen-bond acceptors (Lipinski definition) is 5. The highest BCUT2D eigenvalue weighted by molar-refractivity contribution is 5.96. The molecule has 2 aliphatic heterocycles. The van der Waals surface area contributed by atoms with E-state index in [-0.39, 0.29) is 11.5 Å². The number of ether oxygens (including phenoxy) is 1. The molecule has 0 radical (unpaired) electrons. The molecule has 0 bridgehead atoms. The van der Waals surface area contributed by atoms with Gasteiger partial charge in [0.2, 0.25) is 5.91 Å². The first-order valence-corrected chi connectivity index (χ1v) is 8.14.